The summed E-state index contributed by atoms with van der Waals surface area (Å²) in [6, 6.07) is 12.9. The molecule has 0 atom stereocenters. The molecule has 0 saturated carbocycles. The van der Waals surface area contributed by atoms with Gasteiger partial charge in [0.05, 0.1) is 12.7 Å². The number of carbonyl (C=O) groups excluding carboxylic acids is 1. The zero-order valence-corrected chi connectivity index (χ0v) is 9.81. The normalized spacial score (nSPS) is 9.89. The molecule has 0 aliphatic rings. The Labute approximate surface area is 104 Å². The fourth-order valence-corrected chi connectivity index (χ4v) is 1.54. The fraction of sp³-hybridized carbons (Fsp3) is 0.0714. The lowest BCUT2D eigenvalue weighted by atomic mass is 10.2. The van der Waals surface area contributed by atoms with Gasteiger partial charge in [-0.15, -0.1) is 0 Å². The second kappa shape index (κ2) is 5.31. The van der Waals surface area contributed by atoms with Gasteiger partial charge in [-0.3, -0.25) is 0 Å². The van der Waals surface area contributed by atoms with Crippen LogP contribution in [0.15, 0.2) is 48.5 Å². The number of halogens is 1. The first-order valence-electron chi connectivity index (χ1n) is 5.40. The number of carbonyl (C=O) groups is 1. The summed E-state index contributed by atoms with van der Waals surface area (Å²) in [7, 11) is 1.34. The number of esters is 1. The van der Waals surface area contributed by atoms with Crippen LogP contribution >= 0.6 is 0 Å². The number of nitrogens with one attached hydrogen (secondary N) is 1. The second-order valence-electron chi connectivity index (χ2n) is 3.70. The molecule has 0 saturated heterocycles. The van der Waals surface area contributed by atoms with Gasteiger partial charge in [0.1, 0.15) is 5.82 Å². The Morgan fingerprint density at radius 3 is 2.50 bits per heavy atom. The van der Waals surface area contributed by atoms with Crippen molar-refractivity contribution >= 4 is 17.3 Å². The van der Waals surface area contributed by atoms with E-state index >= 15 is 0 Å². The lowest BCUT2D eigenvalue weighted by Gasteiger charge is -2.07. The van der Waals surface area contributed by atoms with Gasteiger partial charge in [0.2, 0.25) is 0 Å². The number of anilines is 2. The molecule has 2 aromatic carbocycles. The minimum absolute atomic E-state index is 0.288. The van der Waals surface area contributed by atoms with Crippen molar-refractivity contribution in [3.8, 4) is 0 Å². The molecule has 2 rings (SSSR count). The Morgan fingerprint density at radius 1 is 1.11 bits per heavy atom. The van der Waals surface area contributed by atoms with E-state index in [1.165, 1.54) is 19.2 Å². The van der Waals surface area contributed by atoms with Crippen molar-refractivity contribution in [3.63, 3.8) is 0 Å². The van der Waals surface area contributed by atoms with Crippen LogP contribution in [0.1, 0.15) is 10.4 Å². The van der Waals surface area contributed by atoms with E-state index in [-0.39, 0.29) is 5.82 Å². The van der Waals surface area contributed by atoms with Crippen molar-refractivity contribution in [2.45, 2.75) is 0 Å². The molecule has 0 bridgehead atoms. The molecular weight excluding hydrogens is 233 g/mol. The number of rotatable bonds is 3. The Kier molecular flexibility index (Phi) is 3.57. The van der Waals surface area contributed by atoms with Crippen LogP contribution in [-0.4, -0.2) is 13.1 Å². The Hall–Kier alpha value is -2.36. The van der Waals surface area contributed by atoms with Crippen molar-refractivity contribution in [2.75, 3.05) is 12.4 Å². The van der Waals surface area contributed by atoms with Gasteiger partial charge in [0.25, 0.3) is 0 Å². The molecule has 0 heterocycles. The largest absolute Gasteiger partial charge is 0.465 e. The molecule has 2 aromatic rings. The quantitative estimate of drug-likeness (QED) is 0.843. The van der Waals surface area contributed by atoms with Crippen LogP contribution in [-0.2, 0) is 4.74 Å². The van der Waals surface area contributed by atoms with Crippen molar-refractivity contribution in [2.24, 2.45) is 0 Å². The van der Waals surface area contributed by atoms with Crippen LogP contribution in [0.25, 0.3) is 0 Å². The van der Waals surface area contributed by atoms with E-state index in [2.05, 4.69) is 10.1 Å². The first-order valence-corrected chi connectivity index (χ1v) is 5.40. The molecule has 18 heavy (non-hydrogen) atoms. The molecule has 3 nitrogen and oxygen atoms in total. The standard InChI is InChI=1S/C14H12FNO2/c1-18-14(17)10-3-2-4-13(9-10)16-12-7-5-11(15)6-8-12/h2-9,16H,1H3. The predicted octanol–water partition coefficient (Wildman–Crippen LogP) is 3.36. The van der Waals surface area contributed by atoms with E-state index in [1.807, 2.05) is 6.07 Å². The predicted molar refractivity (Wildman–Crippen MR) is 67.5 cm³/mol. The molecule has 0 aliphatic carbocycles. The zero-order valence-electron chi connectivity index (χ0n) is 9.81. The van der Waals surface area contributed by atoms with Gasteiger partial charge >= 0.3 is 5.97 Å². The van der Waals surface area contributed by atoms with Crippen molar-refractivity contribution in [3.05, 3.63) is 59.9 Å². The molecule has 92 valence electrons. The van der Waals surface area contributed by atoms with Crippen LogP contribution in [0.4, 0.5) is 15.8 Å². The Morgan fingerprint density at radius 2 is 1.83 bits per heavy atom. The minimum Gasteiger partial charge on any atom is -0.465 e. The number of hydrogen-bond acceptors (Lipinski definition) is 3. The highest BCUT2D eigenvalue weighted by molar-refractivity contribution is 5.90. The molecule has 0 aliphatic heterocycles. The second-order valence-corrected chi connectivity index (χ2v) is 3.70. The van der Waals surface area contributed by atoms with Gasteiger partial charge in [-0.1, -0.05) is 6.07 Å². The highest BCUT2D eigenvalue weighted by Gasteiger charge is 2.05. The molecule has 0 fully saturated rings. The van der Waals surface area contributed by atoms with E-state index in [0.717, 1.165) is 11.4 Å². The highest BCUT2D eigenvalue weighted by Crippen LogP contribution is 2.18. The average molecular weight is 245 g/mol. The third-order valence-electron chi connectivity index (χ3n) is 2.42. The fourth-order valence-electron chi connectivity index (χ4n) is 1.54. The van der Waals surface area contributed by atoms with E-state index in [0.29, 0.717) is 5.56 Å². The van der Waals surface area contributed by atoms with E-state index < -0.39 is 5.97 Å². The van der Waals surface area contributed by atoms with Gasteiger partial charge in [-0.2, -0.15) is 0 Å². The van der Waals surface area contributed by atoms with Gasteiger partial charge in [0, 0.05) is 11.4 Å². The van der Waals surface area contributed by atoms with Crippen molar-refractivity contribution in [1.82, 2.24) is 0 Å². The van der Waals surface area contributed by atoms with E-state index in [4.69, 9.17) is 0 Å². The summed E-state index contributed by atoms with van der Waals surface area (Å²) in [5.41, 5.74) is 1.95. The molecular formula is C14H12FNO2. The topological polar surface area (TPSA) is 38.3 Å². The lowest BCUT2D eigenvalue weighted by Crippen LogP contribution is -2.01. The lowest BCUT2D eigenvalue weighted by molar-refractivity contribution is 0.0601. The van der Waals surface area contributed by atoms with Crippen LogP contribution in [0.3, 0.4) is 0 Å². The van der Waals surface area contributed by atoms with E-state index in [1.54, 1.807) is 30.3 Å². The summed E-state index contributed by atoms with van der Waals surface area (Å²) >= 11 is 0. The maximum absolute atomic E-state index is 12.8. The summed E-state index contributed by atoms with van der Waals surface area (Å²) < 4.78 is 17.4. The number of hydrogen-bond donors (Lipinski definition) is 1. The average Bonchev–Trinajstić information content (AvgIpc) is 2.41. The minimum atomic E-state index is -0.391. The smallest absolute Gasteiger partial charge is 0.337 e. The first kappa shape index (κ1) is 12.1. The SMILES string of the molecule is COC(=O)c1cccc(Nc2ccc(F)cc2)c1. The summed E-state index contributed by atoms with van der Waals surface area (Å²) in [5, 5.41) is 3.08. The summed E-state index contributed by atoms with van der Waals surface area (Å²) in [5.74, 6) is -0.679. The molecule has 0 aromatic heterocycles. The van der Waals surface area contributed by atoms with Crippen LogP contribution in [0.2, 0.25) is 0 Å². The molecule has 0 radical (unpaired) electrons. The molecule has 0 unspecified atom stereocenters. The number of ether oxygens (including phenoxy) is 1. The monoisotopic (exact) mass is 245 g/mol. The van der Waals surface area contributed by atoms with Gasteiger partial charge in [-0.05, 0) is 42.5 Å². The Bertz CT molecular complexity index is 552. The van der Waals surface area contributed by atoms with E-state index in [9.17, 15) is 9.18 Å². The third-order valence-corrected chi connectivity index (χ3v) is 2.42. The first-order chi connectivity index (χ1) is 8.69. The maximum Gasteiger partial charge on any atom is 0.337 e. The highest BCUT2D eigenvalue weighted by atomic mass is 19.1. The van der Waals surface area contributed by atoms with Crippen LogP contribution in [0, 0.1) is 5.82 Å². The van der Waals surface area contributed by atoms with Gasteiger partial charge in [0.15, 0.2) is 0 Å². The molecule has 1 N–H and O–H groups in total. The maximum atomic E-state index is 12.8. The number of benzene rings is 2. The number of methoxy groups -OCH3 is 1. The zero-order chi connectivity index (χ0) is 13.0. The summed E-state index contributed by atoms with van der Waals surface area (Å²) in [4.78, 5) is 11.4. The van der Waals surface area contributed by atoms with Crippen LogP contribution in [0.5, 0.6) is 0 Å². The molecule has 4 heteroatoms. The van der Waals surface area contributed by atoms with Gasteiger partial charge < -0.3 is 10.1 Å². The molecule has 0 amide bonds. The van der Waals surface area contributed by atoms with Crippen molar-refractivity contribution < 1.29 is 13.9 Å². The summed E-state index contributed by atoms with van der Waals surface area (Å²) in [6.07, 6.45) is 0. The van der Waals surface area contributed by atoms with Crippen molar-refractivity contribution in [1.29, 1.82) is 0 Å². The summed E-state index contributed by atoms with van der Waals surface area (Å²) in [6.45, 7) is 0. The Balaban J connectivity index is 2.19. The van der Waals surface area contributed by atoms with Gasteiger partial charge in [-0.25, -0.2) is 9.18 Å². The van der Waals surface area contributed by atoms with Crippen LogP contribution < -0.4 is 5.32 Å². The molecule has 0 spiro atoms. The third kappa shape index (κ3) is 2.85.